The summed E-state index contributed by atoms with van der Waals surface area (Å²) in [5, 5.41) is 7.81. The SMILES string of the molecule is CC(C)OC(=O)c1cccc(-n2ncc3c2COC[C@H]3NC(=O)c2ncn3c2CCCC3)c1Cl. The maximum absolute atomic E-state index is 13.1. The van der Waals surface area contributed by atoms with E-state index in [1.165, 1.54) is 0 Å². The number of hydrogen-bond donors (Lipinski definition) is 1. The van der Waals surface area contributed by atoms with Gasteiger partial charge in [-0.2, -0.15) is 5.10 Å². The van der Waals surface area contributed by atoms with Crippen molar-refractivity contribution in [3.05, 3.63) is 64.0 Å². The quantitative estimate of drug-likeness (QED) is 0.556. The highest BCUT2D eigenvalue weighted by Crippen LogP contribution is 2.31. The number of rotatable bonds is 5. The normalized spacial score (nSPS) is 17.2. The lowest BCUT2D eigenvalue weighted by Gasteiger charge is -2.25. The Labute approximate surface area is 202 Å². The van der Waals surface area contributed by atoms with E-state index in [4.69, 9.17) is 21.1 Å². The molecule has 0 fully saturated rings. The van der Waals surface area contributed by atoms with Gasteiger partial charge in [0.05, 0.1) is 65.5 Å². The number of carbonyl (C=O) groups excluding carboxylic acids is 2. The second-order valence-electron chi connectivity index (χ2n) is 8.78. The largest absolute Gasteiger partial charge is 0.459 e. The molecule has 0 saturated carbocycles. The lowest BCUT2D eigenvalue weighted by Crippen LogP contribution is -2.35. The Morgan fingerprint density at radius 1 is 1.26 bits per heavy atom. The van der Waals surface area contributed by atoms with Gasteiger partial charge >= 0.3 is 5.97 Å². The van der Waals surface area contributed by atoms with Crippen LogP contribution < -0.4 is 5.32 Å². The predicted octanol–water partition coefficient (Wildman–Crippen LogP) is 3.63. The maximum atomic E-state index is 13.1. The molecule has 178 valence electrons. The number of aryl methyl sites for hydroxylation is 1. The second-order valence-corrected chi connectivity index (χ2v) is 9.16. The van der Waals surface area contributed by atoms with Crippen LogP contribution in [-0.4, -0.2) is 43.9 Å². The molecule has 1 N–H and O–H groups in total. The highest BCUT2D eigenvalue weighted by Gasteiger charge is 2.30. The van der Waals surface area contributed by atoms with Crippen LogP contribution in [0.5, 0.6) is 0 Å². The molecule has 0 bridgehead atoms. The van der Waals surface area contributed by atoms with Gasteiger partial charge in [-0.25, -0.2) is 14.5 Å². The molecule has 1 amide bonds. The summed E-state index contributed by atoms with van der Waals surface area (Å²) in [6.07, 6.45) is 6.19. The van der Waals surface area contributed by atoms with Crippen LogP contribution in [0.2, 0.25) is 5.02 Å². The third kappa shape index (κ3) is 4.10. The minimum Gasteiger partial charge on any atom is -0.459 e. The number of aromatic nitrogens is 4. The molecule has 1 aromatic carbocycles. The first-order valence-electron chi connectivity index (χ1n) is 11.4. The minimum absolute atomic E-state index is 0.221. The van der Waals surface area contributed by atoms with Crippen molar-refractivity contribution in [3.8, 4) is 5.69 Å². The Morgan fingerprint density at radius 3 is 2.94 bits per heavy atom. The summed E-state index contributed by atoms with van der Waals surface area (Å²) in [5.74, 6) is -0.714. The number of esters is 1. The first-order valence-corrected chi connectivity index (χ1v) is 11.8. The molecule has 34 heavy (non-hydrogen) atoms. The molecule has 10 heteroatoms. The zero-order valence-corrected chi connectivity index (χ0v) is 19.8. The van der Waals surface area contributed by atoms with Crippen molar-refractivity contribution in [3.63, 3.8) is 0 Å². The van der Waals surface area contributed by atoms with Crippen LogP contribution >= 0.6 is 11.6 Å². The van der Waals surface area contributed by atoms with Gasteiger partial charge in [0.15, 0.2) is 0 Å². The van der Waals surface area contributed by atoms with E-state index in [0.717, 1.165) is 42.8 Å². The van der Waals surface area contributed by atoms with E-state index in [-0.39, 0.29) is 28.6 Å². The Morgan fingerprint density at radius 2 is 2.12 bits per heavy atom. The molecule has 3 aromatic rings. The molecule has 4 heterocycles. The number of nitrogens with one attached hydrogen (secondary N) is 1. The number of benzene rings is 1. The van der Waals surface area contributed by atoms with E-state index in [9.17, 15) is 9.59 Å². The van der Waals surface area contributed by atoms with E-state index in [1.54, 1.807) is 49.3 Å². The molecule has 0 aliphatic carbocycles. The van der Waals surface area contributed by atoms with Crippen LogP contribution in [0.25, 0.3) is 5.69 Å². The monoisotopic (exact) mass is 483 g/mol. The number of imidazole rings is 1. The Bertz CT molecular complexity index is 1250. The van der Waals surface area contributed by atoms with Crippen LogP contribution in [0.4, 0.5) is 0 Å². The van der Waals surface area contributed by atoms with Gasteiger partial charge in [0.2, 0.25) is 0 Å². The van der Waals surface area contributed by atoms with E-state index in [1.807, 2.05) is 0 Å². The summed E-state index contributed by atoms with van der Waals surface area (Å²) >= 11 is 6.59. The topological polar surface area (TPSA) is 100 Å². The third-order valence-corrected chi connectivity index (χ3v) is 6.50. The van der Waals surface area contributed by atoms with Crippen LogP contribution in [0, 0.1) is 0 Å². The summed E-state index contributed by atoms with van der Waals surface area (Å²) in [5.41, 5.74) is 3.87. The summed E-state index contributed by atoms with van der Waals surface area (Å²) in [6, 6.07) is 4.76. The van der Waals surface area contributed by atoms with Gasteiger partial charge in [0.1, 0.15) is 5.69 Å². The van der Waals surface area contributed by atoms with Crippen molar-refractivity contribution in [1.29, 1.82) is 0 Å². The molecule has 2 aliphatic rings. The van der Waals surface area contributed by atoms with Crippen molar-refractivity contribution in [2.75, 3.05) is 6.61 Å². The van der Waals surface area contributed by atoms with Gasteiger partial charge in [-0.3, -0.25) is 4.79 Å². The van der Waals surface area contributed by atoms with Crippen LogP contribution in [0.1, 0.15) is 70.5 Å². The van der Waals surface area contributed by atoms with E-state index in [2.05, 4.69) is 20.0 Å². The molecular weight excluding hydrogens is 458 g/mol. The first-order chi connectivity index (χ1) is 16.4. The summed E-state index contributed by atoms with van der Waals surface area (Å²) in [6.45, 7) is 5.09. The smallest absolute Gasteiger partial charge is 0.339 e. The molecule has 5 rings (SSSR count). The molecule has 1 atom stereocenters. The van der Waals surface area contributed by atoms with Gasteiger partial charge in [-0.1, -0.05) is 17.7 Å². The van der Waals surface area contributed by atoms with Gasteiger partial charge < -0.3 is 19.4 Å². The number of fused-ring (bicyclic) bond motifs is 2. The van der Waals surface area contributed by atoms with Gasteiger partial charge in [-0.15, -0.1) is 0 Å². The molecule has 0 spiro atoms. The van der Waals surface area contributed by atoms with Crippen molar-refractivity contribution in [1.82, 2.24) is 24.6 Å². The fourth-order valence-corrected chi connectivity index (χ4v) is 4.77. The number of amides is 1. The van der Waals surface area contributed by atoms with Crippen molar-refractivity contribution < 1.29 is 19.1 Å². The van der Waals surface area contributed by atoms with Crippen molar-refractivity contribution >= 4 is 23.5 Å². The fraction of sp³-hybridized carbons (Fsp3) is 0.417. The Balaban J connectivity index is 1.42. The van der Waals surface area contributed by atoms with Gasteiger partial charge in [0, 0.05) is 12.1 Å². The number of hydrogen-bond acceptors (Lipinski definition) is 6. The lowest BCUT2D eigenvalue weighted by atomic mass is 10.0. The molecule has 0 saturated heterocycles. The zero-order chi connectivity index (χ0) is 23.8. The third-order valence-electron chi connectivity index (χ3n) is 6.10. The van der Waals surface area contributed by atoms with Crippen LogP contribution in [0.3, 0.4) is 0 Å². The zero-order valence-electron chi connectivity index (χ0n) is 19.1. The summed E-state index contributed by atoms with van der Waals surface area (Å²) in [7, 11) is 0. The second kappa shape index (κ2) is 9.23. The maximum Gasteiger partial charge on any atom is 0.339 e. The summed E-state index contributed by atoms with van der Waals surface area (Å²) < 4.78 is 14.8. The van der Waals surface area contributed by atoms with Crippen molar-refractivity contribution in [2.45, 2.75) is 58.4 Å². The van der Waals surface area contributed by atoms with E-state index >= 15 is 0 Å². The van der Waals surface area contributed by atoms with Crippen molar-refractivity contribution in [2.24, 2.45) is 0 Å². The number of ether oxygens (including phenoxy) is 2. The Hall–Kier alpha value is -3.17. The highest BCUT2D eigenvalue weighted by molar-refractivity contribution is 6.35. The van der Waals surface area contributed by atoms with E-state index in [0.29, 0.717) is 24.6 Å². The van der Waals surface area contributed by atoms with Crippen LogP contribution in [0.15, 0.2) is 30.7 Å². The predicted molar refractivity (Wildman–Crippen MR) is 124 cm³/mol. The minimum atomic E-state index is -0.493. The lowest BCUT2D eigenvalue weighted by molar-refractivity contribution is 0.0378. The fourth-order valence-electron chi connectivity index (χ4n) is 4.48. The van der Waals surface area contributed by atoms with E-state index < -0.39 is 5.97 Å². The standard InChI is InChI=1S/C24H26ClN5O4/c1-14(2)34-24(32)15-6-5-8-18(21(15)25)30-20-12-33-11-17(16(20)10-27-30)28-23(31)22-19-7-3-4-9-29(19)13-26-22/h5-6,8,10,13-14,17H,3-4,7,9,11-12H2,1-2H3,(H,28,31)/t17-/m1/s1. The number of halogens is 1. The number of nitrogens with zero attached hydrogens (tertiary/aromatic N) is 4. The molecule has 0 radical (unpaired) electrons. The van der Waals surface area contributed by atoms with Gasteiger partial charge in [0.25, 0.3) is 5.91 Å². The molecule has 0 unspecified atom stereocenters. The Kier molecular flexibility index (Phi) is 6.14. The highest BCUT2D eigenvalue weighted by atomic mass is 35.5. The average Bonchev–Trinajstić information content (AvgIpc) is 3.44. The molecule has 9 nitrogen and oxygen atoms in total. The average molecular weight is 484 g/mol. The first kappa shape index (κ1) is 22.6. The summed E-state index contributed by atoms with van der Waals surface area (Å²) in [4.78, 5) is 29.9. The number of carbonyl (C=O) groups is 2. The van der Waals surface area contributed by atoms with Gasteiger partial charge in [-0.05, 0) is 45.2 Å². The van der Waals surface area contributed by atoms with Crippen LogP contribution in [-0.2, 0) is 29.0 Å². The molecule has 2 aliphatic heterocycles. The molecule has 2 aromatic heterocycles. The molecular formula is C24H26ClN5O4.